The molecule has 4 heteroatoms. The van der Waals surface area contributed by atoms with E-state index < -0.39 is 11.6 Å². The zero-order valence-electron chi connectivity index (χ0n) is 8.45. The summed E-state index contributed by atoms with van der Waals surface area (Å²) in [7, 11) is 0. The molecule has 1 fully saturated rings. The molecule has 0 aromatic heterocycles. The Bertz CT molecular complexity index is 206. The second-order valence-electron chi connectivity index (χ2n) is 4.46. The first-order valence-corrected chi connectivity index (χ1v) is 4.60. The van der Waals surface area contributed by atoms with Crippen LogP contribution in [0.2, 0.25) is 0 Å². The van der Waals surface area contributed by atoms with Gasteiger partial charge >= 0.3 is 0 Å². The predicted molar refractivity (Wildman–Crippen MR) is 50.0 cm³/mol. The van der Waals surface area contributed by atoms with E-state index in [0.29, 0.717) is 13.1 Å². The number of likely N-dealkylation sites (tertiary alicyclic amines) is 1. The minimum absolute atomic E-state index is 0.0541. The van der Waals surface area contributed by atoms with Crippen molar-refractivity contribution in [3.05, 3.63) is 0 Å². The van der Waals surface area contributed by atoms with Crippen LogP contribution in [0.1, 0.15) is 20.8 Å². The van der Waals surface area contributed by atoms with Crippen LogP contribution in [0.3, 0.4) is 0 Å². The van der Waals surface area contributed by atoms with Crippen molar-refractivity contribution in [1.82, 2.24) is 4.90 Å². The van der Waals surface area contributed by atoms with Gasteiger partial charge in [-0.05, 0) is 12.8 Å². The van der Waals surface area contributed by atoms with Crippen LogP contribution in [0.25, 0.3) is 0 Å². The van der Waals surface area contributed by atoms with Crippen molar-refractivity contribution in [3.63, 3.8) is 0 Å². The van der Waals surface area contributed by atoms with E-state index in [0.717, 1.165) is 0 Å². The summed E-state index contributed by atoms with van der Waals surface area (Å²) >= 11 is 0. The molecule has 0 unspecified atom stereocenters. The maximum absolute atomic E-state index is 11.5. The van der Waals surface area contributed by atoms with Gasteiger partial charge in [0.1, 0.15) is 0 Å². The van der Waals surface area contributed by atoms with Crippen molar-refractivity contribution in [3.8, 4) is 0 Å². The molecule has 0 bridgehead atoms. The first kappa shape index (κ1) is 10.5. The summed E-state index contributed by atoms with van der Waals surface area (Å²) in [6.45, 7) is 6.37. The predicted octanol–water partition coefficient (Wildman–Crippen LogP) is -0.437. The number of rotatable bonds is 2. The van der Waals surface area contributed by atoms with E-state index in [2.05, 4.69) is 0 Å². The minimum Gasteiger partial charge on any atom is -0.386 e. The standard InChI is InChI=1S/C9H18N2O2/c1-6(2)7(10)8(12)11-4-9(3,13)5-11/h6-7,13H,4-5,10H2,1-3H3/t7-/m1/s1. The lowest BCUT2D eigenvalue weighted by Gasteiger charge is -2.45. The Labute approximate surface area is 78.7 Å². The molecule has 0 aromatic carbocycles. The zero-order valence-corrected chi connectivity index (χ0v) is 8.45. The van der Waals surface area contributed by atoms with E-state index in [1.165, 1.54) is 0 Å². The highest BCUT2D eigenvalue weighted by Crippen LogP contribution is 2.21. The van der Waals surface area contributed by atoms with Crippen LogP contribution in [0.4, 0.5) is 0 Å². The van der Waals surface area contributed by atoms with E-state index in [-0.39, 0.29) is 11.8 Å². The molecule has 1 atom stereocenters. The fourth-order valence-electron chi connectivity index (χ4n) is 1.43. The largest absolute Gasteiger partial charge is 0.386 e. The molecule has 1 aliphatic heterocycles. The number of carbonyl (C=O) groups is 1. The van der Waals surface area contributed by atoms with Crippen molar-refractivity contribution in [1.29, 1.82) is 0 Å². The van der Waals surface area contributed by atoms with E-state index in [4.69, 9.17) is 5.73 Å². The van der Waals surface area contributed by atoms with Gasteiger partial charge in [-0.25, -0.2) is 0 Å². The summed E-state index contributed by atoms with van der Waals surface area (Å²) in [5, 5.41) is 9.42. The molecular weight excluding hydrogens is 168 g/mol. The number of nitrogens with zero attached hydrogens (tertiary/aromatic N) is 1. The van der Waals surface area contributed by atoms with E-state index >= 15 is 0 Å². The van der Waals surface area contributed by atoms with Crippen LogP contribution >= 0.6 is 0 Å². The third-order valence-corrected chi connectivity index (χ3v) is 2.38. The van der Waals surface area contributed by atoms with Gasteiger partial charge in [-0.1, -0.05) is 13.8 Å². The maximum Gasteiger partial charge on any atom is 0.239 e. The Kier molecular flexibility index (Phi) is 2.63. The Hall–Kier alpha value is -0.610. The molecule has 4 nitrogen and oxygen atoms in total. The van der Waals surface area contributed by atoms with E-state index in [9.17, 15) is 9.90 Å². The normalized spacial score (nSPS) is 22.8. The van der Waals surface area contributed by atoms with Crippen LogP contribution < -0.4 is 5.73 Å². The number of β-amino-alcohol motifs (C(OH)–C–C–N with tert-alkyl or cyclic N) is 1. The van der Waals surface area contributed by atoms with Crippen molar-refractivity contribution in [2.75, 3.05) is 13.1 Å². The van der Waals surface area contributed by atoms with Crippen LogP contribution in [0.15, 0.2) is 0 Å². The fourth-order valence-corrected chi connectivity index (χ4v) is 1.43. The van der Waals surface area contributed by atoms with Crippen molar-refractivity contribution >= 4 is 5.91 Å². The van der Waals surface area contributed by atoms with Gasteiger partial charge in [-0.2, -0.15) is 0 Å². The number of aliphatic hydroxyl groups is 1. The second kappa shape index (κ2) is 3.27. The van der Waals surface area contributed by atoms with E-state index in [1.54, 1.807) is 11.8 Å². The first-order valence-electron chi connectivity index (χ1n) is 4.60. The van der Waals surface area contributed by atoms with Gasteiger partial charge in [0, 0.05) is 0 Å². The van der Waals surface area contributed by atoms with Gasteiger partial charge in [-0.3, -0.25) is 4.79 Å². The summed E-state index contributed by atoms with van der Waals surface area (Å²) in [6.07, 6.45) is 0. The van der Waals surface area contributed by atoms with Crippen molar-refractivity contribution in [2.45, 2.75) is 32.4 Å². The molecule has 0 saturated carbocycles. The van der Waals surface area contributed by atoms with Gasteiger partial charge in [0.2, 0.25) is 5.91 Å². The quantitative estimate of drug-likeness (QED) is 0.614. The lowest BCUT2D eigenvalue weighted by molar-refractivity contribution is -0.154. The number of amides is 1. The molecule has 1 amide bonds. The molecule has 1 saturated heterocycles. The zero-order chi connectivity index (χ0) is 10.2. The van der Waals surface area contributed by atoms with Crippen LogP contribution in [0, 0.1) is 5.92 Å². The van der Waals surface area contributed by atoms with Crippen molar-refractivity contribution < 1.29 is 9.90 Å². The summed E-state index contributed by atoms with van der Waals surface area (Å²) in [5.41, 5.74) is 4.98. The molecule has 0 spiro atoms. The molecular formula is C9H18N2O2. The molecule has 1 aliphatic rings. The van der Waals surface area contributed by atoms with Crippen LogP contribution in [-0.2, 0) is 4.79 Å². The van der Waals surface area contributed by atoms with Crippen LogP contribution in [-0.4, -0.2) is 40.6 Å². The maximum atomic E-state index is 11.5. The number of nitrogens with two attached hydrogens (primary N) is 1. The van der Waals surface area contributed by atoms with Crippen LogP contribution in [0.5, 0.6) is 0 Å². The number of carbonyl (C=O) groups excluding carboxylic acids is 1. The lowest BCUT2D eigenvalue weighted by atomic mass is 9.94. The monoisotopic (exact) mass is 186 g/mol. The van der Waals surface area contributed by atoms with E-state index in [1.807, 2.05) is 13.8 Å². The highest BCUT2D eigenvalue weighted by Gasteiger charge is 2.41. The van der Waals surface area contributed by atoms with Gasteiger partial charge in [0.25, 0.3) is 0 Å². The van der Waals surface area contributed by atoms with Gasteiger partial charge in [-0.15, -0.1) is 0 Å². The third kappa shape index (κ3) is 2.19. The molecule has 1 heterocycles. The van der Waals surface area contributed by atoms with Crippen molar-refractivity contribution in [2.24, 2.45) is 11.7 Å². The minimum atomic E-state index is -0.702. The second-order valence-corrected chi connectivity index (χ2v) is 4.46. The highest BCUT2D eigenvalue weighted by molar-refractivity contribution is 5.82. The molecule has 0 radical (unpaired) electrons. The molecule has 76 valence electrons. The molecule has 3 N–H and O–H groups in total. The molecule has 1 rings (SSSR count). The van der Waals surface area contributed by atoms with Gasteiger partial charge < -0.3 is 15.7 Å². The third-order valence-electron chi connectivity index (χ3n) is 2.38. The summed E-state index contributed by atoms with van der Waals surface area (Å²) in [6, 6.07) is -0.434. The molecule has 0 aliphatic carbocycles. The summed E-state index contributed by atoms with van der Waals surface area (Å²) in [4.78, 5) is 13.1. The summed E-state index contributed by atoms with van der Waals surface area (Å²) < 4.78 is 0. The Balaban J connectivity index is 2.43. The average molecular weight is 186 g/mol. The highest BCUT2D eigenvalue weighted by atomic mass is 16.3. The number of hydrogen-bond acceptors (Lipinski definition) is 3. The molecule has 0 aromatic rings. The average Bonchev–Trinajstić information content (AvgIpc) is 1.97. The lowest BCUT2D eigenvalue weighted by Crippen LogP contribution is -2.65. The Morgan fingerprint density at radius 3 is 2.31 bits per heavy atom. The summed E-state index contributed by atoms with van der Waals surface area (Å²) in [5.74, 6) is 0.0968. The molecule has 13 heavy (non-hydrogen) atoms. The topological polar surface area (TPSA) is 66.6 Å². The number of hydrogen-bond donors (Lipinski definition) is 2. The fraction of sp³-hybridized carbons (Fsp3) is 0.889. The smallest absolute Gasteiger partial charge is 0.239 e. The van der Waals surface area contributed by atoms with Gasteiger partial charge in [0.05, 0.1) is 24.7 Å². The first-order chi connectivity index (χ1) is 5.83. The SMILES string of the molecule is CC(C)[C@@H](N)C(=O)N1CC(C)(O)C1. The Morgan fingerprint density at radius 2 is 2.00 bits per heavy atom. The Morgan fingerprint density at radius 1 is 1.54 bits per heavy atom. The van der Waals surface area contributed by atoms with Gasteiger partial charge in [0.15, 0.2) is 0 Å².